The van der Waals surface area contributed by atoms with Crippen molar-refractivity contribution in [2.45, 2.75) is 18.9 Å². The van der Waals surface area contributed by atoms with Crippen molar-refractivity contribution >= 4 is 10.0 Å². The number of nitrogens with one attached hydrogen (secondary N) is 1. The van der Waals surface area contributed by atoms with Crippen LogP contribution in [0.3, 0.4) is 0 Å². The molecule has 16 heavy (non-hydrogen) atoms. The standard InChI is InChI=1S/C10H21N3O2S/c1-12-6-4-11-8-10(12)9-13-5-2-3-7-16(13,14)15/h10-11H,2-9H2,1H3. The van der Waals surface area contributed by atoms with Crippen LogP contribution in [-0.2, 0) is 10.0 Å². The molecule has 1 unspecified atom stereocenters. The van der Waals surface area contributed by atoms with E-state index in [-0.39, 0.29) is 0 Å². The van der Waals surface area contributed by atoms with E-state index in [1.165, 1.54) is 0 Å². The summed E-state index contributed by atoms with van der Waals surface area (Å²) in [6, 6.07) is 0.321. The van der Waals surface area contributed by atoms with Gasteiger partial charge in [-0.3, -0.25) is 4.90 Å². The molecule has 2 rings (SSSR count). The van der Waals surface area contributed by atoms with Gasteiger partial charge in [0.25, 0.3) is 0 Å². The molecule has 94 valence electrons. The van der Waals surface area contributed by atoms with Gasteiger partial charge in [0.2, 0.25) is 10.0 Å². The summed E-state index contributed by atoms with van der Waals surface area (Å²) in [5.41, 5.74) is 0. The van der Waals surface area contributed by atoms with E-state index < -0.39 is 10.0 Å². The molecule has 0 bridgehead atoms. The Labute approximate surface area is 97.8 Å². The molecule has 0 amide bonds. The fourth-order valence-electron chi connectivity index (χ4n) is 2.35. The molecule has 0 saturated carbocycles. The van der Waals surface area contributed by atoms with Crippen LogP contribution in [-0.4, -0.2) is 69.2 Å². The summed E-state index contributed by atoms with van der Waals surface area (Å²) in [5, 5.41) is 3.32. The summed E-state index contributed by atoms with van der Waals surface area (Å²) < 4.78 is 25.4. The first kappa shape index (κ1) is 12.3. The zero-order valence-electron chi connectivity index (χ0n) is 9.85. The molecular weight excluding hydrogens is 226 g/mol. The Bertz CT molecular complexity index is 331. The first-order chi connectivity index (χ1) is 7.59. The highest BCUT2D eigenvalue weighted by Crippen LogP contribution is 2.15. The van der Waals surface area contributed by atoms with Crippen molar-refractivity contribution in [3.05, 3.63) is 0 Å². The Balaban J connectivity index is 1.97. The maximum absolute atomic E-state index is 11.8. The third kappa shape index (κ3) is 2.74. The van der Waals surface area contributed by atoms with Crippen LogP contribution in [0.25, 0.3) is 0 Å². The van der Waals surface area contributed by atoms with Gasteiger partial charge in [0.15, 0.2) is 0 Å². The van der Waals surface area contributed by atoms with Crippen molar-refractivity contribution in [1.29, 1.82) is 0 Å². The summed E-state index contributed by atoms with van der Waals surface area (Å²) in [5.74, 6) is 0.330. The lowest BCUT2D eigenvalue weighted by molar-refractivity contribution is 0.170. The number of piperazine rings is 1. The lowest BCUT2D eigenvalue weighted by Gasteiger charge is -2.37. The van der Waals surface area contributed by atoms with Gasteiger partial charge in [-0.15, -0.1) is 0 Å². The van der Waals surface area contributed by atoms with Gasteiger partial charge in [-0.2, -0.15) is 0 Å². The van der Waals surface area contributed by atoms with Crippen LogP contribution in [0.1, 0.15) is 12.8 Å². The van der Waals surface area contributed by atoms with Gasteiger partial charge < -0.3 is 5.32 Å². The van der Waals surface area contributed by atoms with E-state index in [4.69, 9.17) is 0 Å². The van der Waals surface area contributed by atoms with Crippen molar-refractivity contribution in [2.75, 3.05) is 45.5 Å². The van der Waals surface area contributed by atoms with Crippen molar-refractivity contribution in [1.82, 2.24) is 14.5 Å². The molecule has 0 radical (unpaired) electrons. The maximum atomic E-state index is 11.8. The molecule has 2 aliphatic heterocycles. The van der Waals surface area contributed by atoms with Gasteiger partial charge in [0, 0.05) is 38.8 Å². The molecular formula is C10H21N3O2S. The SMILES string of the molecule is CN1CCNCC1CN1CCCCS1(=O)=O. The lowest BCUT2D eigenvalue weighted by atomic mass is 10.2. The van der Waals surface area contributed by atoms with Crippen LogP contribution in [0.4, 0.5) is 0 Å². The Morgan fingerprint density at radius 1 is 1.31 bits per heavy atom. The molecule has 2 heterocycles. The number of hydrogen-bond donors (Lipinski definition) is 1. The largest absolute Gasteiger partial charge is 0.314 e. The smallest absolute Gasteiger partial charge is 0.214 e. The molecule has 0 spiro atoms. The Kier molecular flexibility index (Phi) is 3.84. The highest BCUT2D eigenvalue weighted by atomic mass is 32.2. The van der Waals surface area contributed by atoms with Crippen LogP contribution in [0.15, 0.2) is 0 Å². The van der Waals surface area contributed by atoms with Gasteiger partial charge >= 0.3 is 0 Å². The maximum Gasteiger partial charge on any atom is 0.214 e. The second kappa shape index (κ2) is 5.00. The highest BCUT2D eigenvalue weighted by molar-refractivity contribution is 7.89. The average Bonchev–Trinajstić information content (AvgIpc) is 2.24. The Hall–Kier alpha value is -0.170. The summed E-state index contributed by atoms with van der Waals surface area (Å²) in [7, 11) is -0.896. The average molecular weight is 247 g/mol. The van der Waals surface area contributed by atoms with E-state index in [2.05, 4.69) is 17.3 Å². The van der Waals surface area contributed by atoms with E-state index in [1.54, 1.807) is 4.31 Å². The minimum Gasteiger partial charge on any atom is -0.314 e. The van der Waals surface area contributed by atoms with E-state index in [1.807, 2.05) is 0 Å². The minimum atomic E-state index is -2.97. The van der Waals surface area contributed by atoms with Gasteiger partial charge in [0.05, 0.1) is 5.75 Å². The summed E-state index contributed by atoms with van der Waals surface area (Å²) >= 11 is 0. The van der Waals surface area contributed by atoms with E-state index in [0.29, 0.717) is 24.9 Å². The Morgan fingerprint density at radius 2 is 2.12 bits per heavy atom. The molecule has 2 saturated heterocycles. The number of nitrogens with zero attached hydrogens (tertiary/aromatic N) is 2. The van der Waals surface area contributed by atoms with Crippen LogP contribution in [0.5, 0.6) is 0 Å². The minimum absolute atomic E-state index is 0.321. The first-order valence-electron chi connectivity index (χ1n) is 5.98. The van der Waals surface area contributed by atoms with E-state index in [0.717, 1.165) is 32.5 Å². The number of hydrogen-bond acceptors (Lipinski definition) is 4. The van der Waals surface area contributed by atoms with E-state index >= 15 is 0 Å². The van der Waals surface area contributed by atoms with Crippen LogP contribution < -0.4 is 5.32 Å². The van der Waals surface area contributed by atoms with Gasteiger partial charge in [-0.05, 0) is 19.9 Å². The van der Waals surface area contributed by atoms with Crippen molar-refractivity contribution < 1.29 is 8.42 Å². The fraction of sp³-hybridized carbons (Fsp3) is 1.00. The molecule has 0 aliphatic carbocycles. The molecule has 1 N–H and O–H groups in total. The van der Waals surface area contributed by atoms with E-state index in [9.17, 15) is 8.42 Å². The molecule has 0 aromatic heterocycles. The van der Waals surface area contributed by atoms with Gasteiger partial charge in [-0.25, -0.2) is 12.7 Å². The third-order valence-corrected chi connectivity index (χ3v) is 5.44. The van der Waals surface area contributed by atoms with Crippen molar-refractivity contribution in [2.24, 2.45) is 0 Å². The summed E-state index contributed by atoms with van der Waals surface area (Å²) in [6.45, 7) is 4.24. The predicted octanol–water partition coefficient (Wildman–Crippen LogP) is -0.684. The summed E-state index contributed by atoms with van der Waals surface area (Å²) in [4.78, 5) is 2.25. The predicted molar refractivity (Wildman–Crippen MR) is 63.9 cm³/mol. The van der Waals surface area contributed by atoms with Gasteiger partial charge in [-0.1, -0.05) is 0 Å². The lowest BCUT2D eigenvalue weighted by Crippen LogP contribution is -2.55. The fourth-order valence-corrected chi connectivity index (χ4v) is 3.98. The molecule has 6 heteroatoms. The number of likely N-dealkylation sites (N-methyl/N-ethyl adjacent to an activating group) is 1. The normalized spacial score (nSPS) is 32.7. The van der Waals surface area contributed by atoms with Crippen LogP contribution in [0.2, 0.25) is 0 Å². The molecule has 2 aliphatic rings. The third-order valence-electron chi connectivity index (χ3n) is 3.51. The molecule has 2 fully saturated rings. The number of sulfonamides is 1. The first-order valence-corrected chi connectivity index (χ1v) is 7.59. The topological polar surface area (TPSA) is 52.6 Å². The second-order valence-electron chi connectivity index (χ2n) is 4.72. The quantitative estimate of drug-likeness (QED) is 0.702. The van der Waals surface area contributed by atoms with Crippen LogP contribution in [0, 0.1) is 0 Å². The van der Waals surface area contributed by atoms with Crippen molar-refractivity contribution in [3.63, 3.8) is 0 Å². The number of rotatable bonds is 2. The molecule has 5 nitrogen and oxygen atoms in total. The van der Waals surface area contributed by atoms with Crippen molar-refractivity contribution in [3.8, 4) is 0 Å². The Morgan fingerprint density at radius 3 is 2.81 bits per heavy atom. The highest BCUT2D eigenvalue weighted by Gasteiger charge is 2.30. The zero-order valence-corrected chi connectivity index (χ0v) is 10.7. The summed E-state index contributed by atoms with van der Waals surface area (Å²) in [6.07, 6.45) is 1.82. The monoisotopic (exact) mass is 247 g/mol. The molecule has 1 atom stereocenters. The van der Waals surface area contributed by atoms with Crippen LogP contribution >= 0.6 is 0 Å². The molecule has 0 aromatic rings. The molecule has 0 aromatic carbocycles. The zero-order chi connectivity index (χ0) is 11.6. The van der Waals surface area contributed by atoms with Gasteiger partial charge in [0.1, 0.15) is 0 Å². The second-order valence-corrected chi connectivity index (χ2v) is 6.81.